The van der Waals surface area contributed by atoms with Gasteiger partial charge in [0, 0.05) is 12.8 Å². The fourth-order valence-electron chi connectivity index (χ4n) is 1.59. The molecule has 3 atom stereocenters. The average molecular weight is 308 g/mol. The topological polar surface area (TPSA) is 66.8 Å². The predicted octanol–water partition coefficient (Wildman–Crippen LogP) is 2.46. The van der Waals surface area contributed by atoms with Crippen molar-refractivity contribution in [3.8, 4) is 0 Å². The zero-order chi connectivity index (χ0) is 15.1. The van der Waals surface area contributed by atoms with Crippen LogP contribution in [0.3, 0.4) is 0 Å². The van der Waals surface area contributed by atoms with E-state index in [9.17, 15) is 15.0 Å². The third-order valence-corrected chi connectivity index (χ3v) is 3.64. The molecule has 0 aliphatic carbocycles. The number of thiol groups is 1. The molecule has 0 rings (SSSR count). The summed E-state index contributed by atoms with van der Waals surface area (Å²) in [5, 5.41) is 19.2. The molecule has 4 nitrogen and oxygen atoms in total. The SMILES string of the molecule is CCCCCC(C)C(C)(O)OC(=S)C(O)CC(=O)S. The van der Waals surface area contributed by atoms with Crippen molar-refractivity contribution in [1.29, 1.82) is 0 Å². The van der Waals surface area contributed by atoms with E-state index in [0.717, 1.165) is 25.7 Å². The molecule has 19 heavy (non-hydrogen) atoms. The number of thiocarbonyl (C=S) groups is 1. The monoisotopic (exact) mass is 308 g/mol. The van der Waals surface area contributed by atoms with E-state index in [-0.39, 0.29) is 17.4 Å². The van der Waals surface area contributed by atoms with Crippen LogP contribution in [-0.4, -0.2) is 32.3 Å². The summed E-state index contributed by atoms with van der Waals surface area (Å²) in [6, 6.07) is 0. The second-order valence-corrected chi connectivity index (χ2v) is 5.89. The van der Waals surface area contributed by atoms with Crippen LogP contribution in [0.4, 0.5) is 0 Å². The minimum atomic E-state index is -1.44. The zero-order valence-electron chi connectivity index (χ0n) is 11.8. The first-order chi connectivity index (χ1) is 8.70. The molecule has 0 bridgehead atoms. The summed E-state index contributed by atoms with van der Waals surface area (Å²) in [6.07, 6.45) is 2.59. The number of carbonyl (C=O) groups is 1. The van der Waals surface area contributed by atoms with Crippen LogP contribution in [0.25, 0.3) is 0 Å². The Balaban J connectivity index is 4.32. The Morgan fingerprint density at radius 3 is 2.53 bits per heavy atom. The molecule has 0 spiro atoms. The molecule has 0 aliphatic heterocycles. The Labute approximate surface area is 125 Å². The lowest BCUT2D eigenvalue weighted by molar-refractivity contribution is -0.172. The van der Waals surface area contributed by atoms with E-state index in [1.807, 2.05) is 6.92 Å². The quantitative estimate of drug-likeness (QED) is 0.264. The van der Waals surface area contributed by atoms with Crippen molar-refractivity contribution < 1.29 is 19.7 Å². The van der Waals surface area contributed by atoms with Crippen LogP contribution in [0.1, 0.15) is 52.9 Å². The zero-order valence-corrected chi connectivity index (χ0v) is 13.5. The second-order valence-electron chi connectivity index (χ2n) is 4.99. The Kier molecular flexibility index (Phi) is 8.81. The molecule has 0 aromatic heterocycles. The van der Waals surface area contributed by atoms with E-state index in [0.29, 0.717) is 0 Å². The third kappa shape index (κ3) is 7.87. The fraction of sp³-hybridized carbons (Fsp3) is 0.846. The van der Waals surface area contributed by atoms with Gasteiger partial charge in [-0.2, -0.15) is 0 Å². The maximum absolute atomic E-state index is 10.8. The molecule has 112 valence electrons. The van der Waals surface area contributed by atoms with E-state index >= 15 is 0 Å². The summed E-state index contributed by atoms with van der Waals surface area (Å²) >= 11 is 8.44. The molecule has 0 fully saturated rings. The second kappa shape index (κ2) is 8.89. The third-order valence-electron chi connectivity index (χ3n) is 3.10. The highest BCUT2D eigenvalue weighted by molar-refractivity contribution is 7.96. The number of aliphatic hydroxyl groups excluding tert-OH is 1. The molecule has 0 aromatic rings. The number of rotatable bonds is 9. The van der Waals surface area contributed by atoms with E-state index < -0.39 is 17.0 Å². The number of aliphatic hydroxyl groups is 2. The van der Waals surface area contributed by atoms with Gasteiger partial charge in [-0.05, 0) is 18.6 Å². The lowest BCUT2D eigenvalue weighted by Gasteiger charge is -2.32. The highest BCUT2D eigenvalue weighted by Gasteiger charge is 2.32. The van der Waals surface area contributed by atoms with E-state index in [1.54, 1.807) is 0 Å². The van der Waals surface area contributed by atoms with Crippen LogP contribution in [0, 0.1) is 5.92 Å². The van der Waals surface area contributed by atoms with Gasteiger partial charge in [0.05, 0.1) is 6.42 Å². The molecule has 0 radical (unpaired) electrons. The van der Waals surface area contributed by atoms with Crippen LogP contribution >= 0.6 is 24.8 Å². The van der Waals surface area contributed by atoms with Crippen molar-refractivity contribution in [2.45, 2.75) is 64.8 Å². The number of hydrogen-bond acceptors (Lipinski definition) is 5. The maximum Gasteiger partial charge on any atom is 0.208 e. The molecule has 6 heteroatoms. The van der Waals surface area contributed by atoms with Gasteiger partial charge in [0.15, 0.2) is 10.2 Å². The normalized spacial score (nSPS) is 17.4. The predicted molar refractivity (Wildman–Crippen MR) is 82.2 cm³/mol. The molecule has 0 saturated carbocycles. The van der Waals surface area contributed by atoms with Gasteiger partial charge in [0.2, 0.25) is 5.79 Å². The molecular weight excluding hydrogens is 284 g/mol. The molecular formula is C13H24O4S2. The van der Waals surface area contributed by atoms with Gasteiger partial charge < -0.3 is 14.9 Å². The van der Waals surface area contributed by atoms with Gasteiger partial charge >= 0.3 is 0 Å². The lowest BCUT2D eigenvalue weighted by atomic mass is 9.95. The highest BCUT2D eigenvalue weighted by atomic mass is 32.1. The van der Waals surface area contributed by atoms with Gasteiger partial charge in [-0.1, -0.05) is 33.1 Å². The fourth-order valence-corrected chi connectivity index (χ4v) is 2.01. The minimum absolute atomic E-state index is 0.115. The molecule has 0 amide bonds. The Bertz CT molecular complexity index is 305. The number of ether oxygens (including phenoxy) is 1. The standard InChI is InChI=1S/C13H24O4S2/c1-4-5-6-7-9(2)13(3,16)17-12(19)10(14)8-11(15)18/h9-10,14,16H,4-8H2,1-3H3,(H,15,18). The van der Waals surface area contributed by atoms with E-state index in [1.165, 1.54) is 6.92 Å². The van der Waals surface area contributed by atoms with Crippen molar-refractivity contribution in [3.63, 3.8) is 0 Å². The van der Waals surface area contributed by atoms with Crippen LogP contribution in [0.2, 0.25) is 0 Å². The van der Waals surface area contributed by atoms with Crippen LogP contribution in [0.15, 0.2) is 0 Å². The summed E-state index contributed by atoms with van der Waals surface area (Å²) in [4.78, 5) is 10.8. The summed E-state index contributed by atoms with van der Waals surface area (Å²) in [7, 11) is 0. The van der Waals surface area contributed by atoms with Crippen LogP contribution in [0.5, 0.6) is 0 Å². The van der Waals surface area contributed by atoms with Crippen molar-refractivity contribution in [2.24, 2.45) is 5.92 Å². The summed E-state index contributed by atoms with van der Waals surface area (Å²) in [5.74, 6) is -1.55. The van der Waals surface area contributed by atoms with Gasteiger partial charge in [-0.25, -0.2) is 0 Å². The molecule has 0 saturated heterocycles. The number of hydrogen-bond donors (Lipinski definition) is 3. The molecule has 2 N–H and O–H groups in total. The Morgan fingerprint density at radius 2 is 2.05 bits per heavy atom. The van der Waals surface area contributed by atoms with Crippen molar-refractivity contribution in [3.05, 3.63) is 0 Å². The summed E-state index contributed by atoms with van der Waals surface area (Å²) in [6.45, 7) is 5.50. The van der Waals surface area contributed by atoms with Crippen LogP contribution in [-0.2, 0) is 9.53 Å². The summed E-state index contributed by atoms with van der Waals surface area (Å²) in [5.41, 5.74) is 0. The highest BCUT2D eigenvalue weighted by Crippen LogP contribution is 2.25. The minimum Gasteiger partial charge on any atom is -0.453 e. The lowest BCUT2D eigenvalue weighted by Crippen LogP contribution is -2.41. The van der Waals surface area contributed by atoms with Crippen molar-refractivity contribution in [1.82, 2.24) is 0 Å². The Hall–Kier alpha value is -0.170. The van der Waals surface area contributed by atoms with Crippen LogP contribution < -0.4 is 0 Å². The average Bonchev–Trinajstić information content (AvgIpc) is 2.27. The van der Waals surface area contributed by atoms with E-state index in [4.69, 9.17) is 17.0 Å². The molecule has 0 aliphatic rings. The van der Waals surface area contributed by atoms with Crippen molar-refractivity contribution in [2.75, 3.05) is 0 Å². The first-order valence-corrected chi connectivity index (χ1v) is 7.41. The Morgan fingerprint density at radius 1 is 1.47 bits per heavy atom. The van der Waals surface area contributed by atoms with E-state index in [2.05, 4.69) is 19.6 Å². The molecule has 3 unspecified atom stereocenters. The first kappa shape index (κ1) is 18.8. The largest absolute Gasteiger partial charge is 0.453 e. The van der Waals surface area contributed by atoms with Gasteiger partial charge in [0.25, 0.3) is 0 Å². The first-order valence-electron chi connectivity index (χ1n) is 6.55. The number of carbonyl (C=O) groups excluding carboxylic acids is 1. The molecule has 0 heterocycles. The summed E-state index contributed by atoms with van der Waals surface area (Å²) < 4.78 is 5.24. The maximum atomic E-state index is 10.8. The molecule has 0 aromatic carbocycles. The van der Waals surface area contributed by atoms with Gasteiger partial charge in [-0.3, -0.25) is 4.79 Å². The van der Waals surface area contributed by atoms with Gasteiger partial charge in [0.1, 0.15) is 6.10 Å². The van der Waals surface area contributed by atoms with Crippen molar-refractivity contribution >= 4 is 35.0 Å². The van der Waals surface area contributed by atoms with Gasteiger partial charge in [-0.15, -0.1) is 12.6 Å². The smallest absolute Gasteiger partial charge is 0.208 e. The number of unbranched alkanes of at least 4 members (excludes halogenated alkanes) is 2.